The predicted octanol–water partition coefficient (Wildman–Crippen LogP) is -1.91. The molecule has 0 bridgehead atoms. The van der Waals surface area contributed by atoms with Gasteiger partial charge < -0.3 is 5.11 Å². The molecule has 0 spiro atoms. The molecule has 0 heterocycles. The first-order chi connectivity index (χ1) is 5.27. The van der Waals surface area contributed by atoms with Gasteiger partial charge in [-0.3, -0.25) is 0 Å². The minimum Gasteiger partial charge on any atom is -0.872 e. The molecule has 0 aliphatic heterocycles. The number of hydrogen-bond acceptors (Lipinski definition) is 1. The largest absolute Gasteiger partial charge is 1.00 e. The van der Waals surface area contributed by atoms with Gasteiger partial charge in [0.15, 0.2) is 0 Å². The number of hydrogen-bond donors (Lipinski definition) is 0. The summed E-state index contributed by atoms with van der Waals surface area (Å²) >= 11 is 0. The Morgan fingerprint density at radius 2 is 2.08 bits per heavy atom. The van der Waals surface area contributed by atoms with E-state index in [0.29, 0.717) is 12.0 Å². The van der Waals surface area contributed by atoms with Crippen molar-refractivity contribution in [3.8, 4) is 0 Å². The van der Waals surface area contributed by atoms with Crippen molar-refractivity contribution >= 4 is 5.76 Å². The summed E-state index contributed by atoms with van der Waals surface area (Å²) in [7, 11) is 0. The van der Waals surface area contributed by atoms with Crippen molar-refractivity contribution < 1.29 is 39.1 Å². The Balaban J connectivity index is 0.000000720. The minimum atomic E-state index is -0.271. The van der Waals surface area contributed by atoms with Crippen LogP contribution in [0.25, 0.3) is 5.76 Å². The summed E-state index contributed by atoms with van der Waals surface area (Å²) in [5.41, 5.74) is 1.45. The van der Waals surface area contributed by atoms with Gasteiger partial charge in [0.05, 0.1) is 0 Å². The molecule has 56 valence electrons. The van der Waals surface area contributed by atoms with Gasteiger partial charge in [-0.25, -0.2) is 4.39 Å². The third kappa shape index (κ3) is 1.56. The summed E-state index contributed by atoms with van der Waals surface area (Å²) < 4.78 is 12.6. The first-order valence-electron chi connectivity index (χ1n) is 3.43. The van der Waals surface area contributed by atoms with Crippen molar-refractivity contribution in [1.29, 1.82) is 0 Å². The van der Waals surface area contributed by atoms with Gasteiger partial charge in [0.25, 0.3) is 0 Å². The maximum atomic E-state index is 12.6. The SMILES string of the molecule is [Na+].[O-]C1=CCc2cc(F)ccc21. The predicted molar refractivity (Wildman–Crippen MR) is 38.1 cm³/mol. The van der Waals surface area contributed by atoms with Crippen molar-refractivity contribution in [2.24, 2.45) is 0 Å². The smallest absolute Gasteiger partial charge is 0.872 e. The van der Waals surface area contributed by atoms with Crippen LogP contribution in [0, 0.1) is 5.82 Å². The molecular formula is C9H6FNaO. The molecule has 12 heavy (non-hydrogen) atoms. The number of benzene rings is 1. The van der Waals surface area contributed by atoms with Crippen molar-refractivity contribution in [3.63, 3.8) is 0 Å². The second-order valence-corrected chi connectivity index (χ2v) is 2.57. The summed E-state index contributed by atoms with van der Waals surface area (Å²) in [6.45, 7) is 0. The van der Waals surface area contributed by atoms with Crippen LogP contribution in [0.5, 0.6) is 0 Å². The van der Waals surface area contributed by atoms with E-state index in [4.69, 9.17) is 0 Å². The molecule has 1 aliphatic carbocycles. The van der Waals surface area contributed by atoms with Crippen LogP contribution in [0.4, 0.5) is 4.39 Å². The van der Waals surface area contributed by atoms with E-state index in [1.54, 1.807) is 6.08 Å². The summed E-state index contributed by atoms with van der Waals surface area (Å²) in [6, 6.07) is 4.27. The molecule has 0 fully saturated rings. The quantitative estimate of drug-likeness (QED) is 0.419. The van der Waals surface area contributed by atoms with Gasteiger partial charge in [-0.05, 0) is 29.7 Å². The van der Waals surface area contributed by atoms with Crippen LogP contribution in [0.3, 0.4) is 0 Å². The second kappa shape index (κ2) is 3.60. The molecule has 0 N–H and O–H groups in total. The van der Waals surface area contributed by atoms with E-state index in [2.05, 4.69) is 0 Å². The van der Waals surface area contributed by atoms with Crippen LogP contribution < -0.4 is 34.7 Å². The van der Waals surface area contributed by atoms with E-state index in [9.17, 15) is 9.50 Å². The average Bonchev–Trinajstić information content (AvgIpc) is 2.32. The van der Waals surface area contributed by atoms with Gasteiger partial charge in [0.1, 0.15) is 5.82 Å². The summed E-state index contributed by atoms with van der Waals surface area (Å²) in [6.07, 6.45) is 2.15. The molecule has 2 rings (SSSR count). The van der Waals surface area contributed by atoms with Gasteiger partial charge in [0.2, 0.25) is 0 Å². The number of halogens is 1. The molecule has 0 amide bonds. The Labute approximate surface area is 92.2 Å². The molecule has 0 radical (unpaired) electrons. The molecule has 1 nitrogen and oxygen atoms in total. The third-order valence-corrected chi connectivity index (χ3v) is 1.84. The monoisotopic (exact) mass is 172 g/mol. The van der Waals surface area contributed by atoms with E-state index in [1.807, 2.05) is 0 Å². The van der Waals surface area contributed by atoms with E-state index in [1.165, 1.54) is 18.2 Å². The maximum absolute atomic E-state index is 12.6. The molecule has 1 aliphatic rings. The number of fused-ring (bicyclic) bond motifs is 1. The zero-order chi connectivity index (χ0) is 7.84. The van der Waals surface area contributed by atoms with Crippen LogP contribution in [0.2, 0.25) is 0 Å². The van der Waals surface area contributed by atoms with E-state index in [-0.39, 0.29) is 41.1 Å². The summed E-state index contributed by atoms with van der Waals surface area (Å²) in [4.78, 5) is 0. The van der Waals surface area contributed by atoms with Crippen LogP contribution in [-0.4, -0.2) is 0 Å². The Bertz CT molecular complexity index is 333. The number of rotatable bonds is 0. The summed E-state index contributed by atoms with van der Waals surface area (Å²) in [5, 5.41) is 11.0. The molecule has 0 atom stereocenters. The van der Waals surface area contributed by atoms with E-state index >= 15 is 0 Å². The van der Waals surface area contributed by atoms with Crippen molar-refractivity contribution in [2.75, 3.05) is 0 Å². The zero-order valence-corrected chi connectivity index (χ0v) is 8.80. The average molecular weight is 172 g/mol. The molecule has 0 unspecified atom stereocenters. The third-order valence-electron chi connectivity index (χ3n) is 1.84. The van der Waals surface area contributed by atoms with Crippen LogP contribution in [-0.2, 0) is 6.42 Å². The maximum Gasteiger partial charge on any atom is 1.00 e. The molecule has 1 aromatic carbocycles. The van der Waals surface area contributed by atoms with Crippen molar-refractivity contribution in [3.05, 3.63) is 41.2 Å². The fraction of sp³-hybridized carbons (Fsp3) is 0.111. The Hall–Kier alpha value is -0.310. The van der Waals surface area contributed by atoms with Gasteiger partial charge in [-0.15, -0.1) is 5.76 Å². The summed E-state index contributed by atoms with van der Waals surface area (Å²) in [5.74, 6) is -0.258. The van der Waals surface area contributed by atoms with Gasteiger partial charge in [-0.2, -0.15) is 0 Å². The molecule has 3 heteroatoms. The zero-order valence-electron chi connectivity index (χ0n) is 6.80. The Morgan fingerprint density at radius 1 is 1.33 bits per heavy atom. The minimum absolute atomic E-state index is 0. The van der Waals surface area contributed by atoms with Gasteiger partial charge in [-0.1, -0.05) is 12.1 Å². The molecular weight excluding hydrogens is 166 g/mol. The van der Waals surface area contributed by atoms with E-state index in [0.717, 1.165) is 5.56 Å². The molecule has 0 aromatic heterocycles. The van der Waals surface area contributed by atoms with Gasteiger partial charge in [0, 0.05) is 0 Å². The van der Waals surface area contributed by atoms with Crippen molar-refractivity contribution in [2.45, 2.75) is 6.42 Å². The Morgan fingerprint density at radius 3 is 2.83 bits per heavy atom. The first-order valence-corrected chi connectivity index (χ1v) is 3.43. The molecule has 0 saturated carbocycles. The van der Waals surface area contributed by atoms with Crippen LogP contribution in [0.1, 0.15) is 11.1 Å². The topological polar surface area (TPSA) is 23.1 Å². The van der Waals surface area contributed by atoms with Crippen LogP contribution >= 0.6 is 0 Å². The molecule has 0 saturated heterocycles. The van der Waals surface area contributed by atoms with Gasteiger partial charge >= 0.3 is 29.6 Å². The van der Waals surface area contributed by atoms with E-state index < -0.39 is 0 Å². The molecule has 1 aromatic rings. The fourth-order valence-corrected chi connectivity index (χ4v) is 1.28. The number of allylic oxidation sites excluding steroid dienone is 1. The second-order valence-electron chi connectivity index (χ2n) is 2.57. The fourth-order valence-electron chi connectivity index (χ4n) is 1.28. The Kier molecular flexibility index (Phi) is 2.94. The van der Waals surface area contributed by atoms with Crippen LogP contribution in [0.15, 0.2) is 24.3 Å². The van der Waals surface area contributed by atoms with Crippen molar-refractivity contribution in [1.82, 2.24) is 0 Å². The standard InChI is InChI=1S/C9H7FO.Na/c10-7-2-3-8-6(5-7)1-4-9(8)11;/h2-5,11H,1H2;/q;+1/p-1. The first kappa shape index (κ1) is 9.78. The normalized spacial score (nSPS) is 13.2.